The Labute approximate surface area is 109 Å². The summed E-state index contributed by atoms with van der Waals surface area (Å²) in [5.74, 6) is -0.0758. The van der Waals surface area contributed by atoms with E-state index in [9.17, 15) is 4.79 Å². The van der Waals surface area contributed by atoms with Crippen LogP contribution < -0.4 is 0 Å². The van der Waals surface area contributed by atoms with E-state index >= 15 is 0 Å². The minimum atomic E-state index is -0.607. The van der Waals surface area contributed by atoms with Gasteiger partial charge in [0.1, 0.15) is 6.07 Å². The molecular weight excluding hydrogens is 226 g/mol. The molecule has 0 bridgehead atoms. The number of Topliss-reactive ketones (excluding diaryl/α,β-unsaturated/α-hetero) is 1. The van der Waals surface area contributed by atoms with E-state index < -0.39 is 5.41 Å². The van der Waals surface area contributed by atoms with Gasteiger partial charge in [0, 0.05) is 5.41 Å². The maximum Gasteiger partial charge on any atom is 0.181 e. The maximum atomic E-state index is 12.3. The second-order valence-electron chi connectivity index (χ2n) is 6.17. The highest BCUT2D eigenvalue weighted by molar-refractivity contribution is 6.04. The average molecular weight is 247 g/mol. The highest BCUT2D eigenvalue weighted by atomic mass is 16.5. The number of hydrogen-bond donors (Lipinski definition) is 0. The van der Waals surface area contributed by atoms with Gasteiger partial charge in [-0.3, -0.25) is 4.79 Å². The topological polar surface area (TPSA) is 50.1 Å². The lowest BCUT2D eigenvalue weighted by Gasteiger charge is -2.52. The van der Waals surface area contributed by atoms with Crippen LogP contribution in [0.15, 0.2) is 11.6 Å². The number of ketones is 1. The van der Waals surface area contributed by atoms with Gasteiger partial charge in [0.2, 0.25) is 0 Å². The molecule has 0 saturated carbocycles. The van der Waals surface area contributed by atoms with Gasteiger partial charge in [-0.25, -0.2) is 0 Å². The first-order chi connectivity index (χ1) is 8.37. The van der Waals surface area contributed by atoms with Crippen LogP contribution in [0.1, 0.15) is 47.0 Å². The van der Waals surface area contributed by atoms with Crippen LogP contribution in [0, 0.1) is 22.2 Å². The normalized spacial score (nSPS) is 38.6. The number of ether oxygens (including phenoxy) is 1. The highest BCUT2D eigenvalue weighted by Crippen LogP contribution is 2.52. The number of fused-ring (bicyclic) bond motifs is 1. The summed E-state index contributed by atoms with van der Waals surface area (Å²) in [5.41, 5.74) is -0.435. The number of allylic oxidation sites excluding steroid dienone is 1. The molecule has 1 saturated heterocycles. The lowest BCUT2D eigenvalue weighted by Crippen LogP contribution is -2.56. The quantitative estimate of drug-likeness (QED) is 0.715. The zero-order valence-electron chi connectivity index (χ0n) is 11.6. The molecule has 18 heavy (non-hydrogen) atoms. The molecule has 1 aliphatic heterocycles. The van der Waals surface area contributed by atoms with Crippen molar-refractivity contribution in [2.75, 3.05) is 0 Å². The monoisotopic (exact) mass is 247 g/mol. The Bertz CT molecular complexity index is 444. The Morgan fingerprint density at radius 1 is 1.56 bits per heavy atom. The van der Waals surface area contributed by atoms with Crippen molar-refractivity contribution in [2.45, 2.75) is 59.2 Å². The Kier molecular flexibility index (Phi) is 3.11. The van der Waals surface area contributed by atoms with Crippen LogP contribution in [0.3, 0.4) is 0 Å². The molecule has 2 aliphatic rings. The first kappa shape index (κ1) is 13.3. The van der Waals surface area contributed by atoms with Crippen LogP contribution in [-0.4, -0.2) is 18.0 Å². The Balaban J connectivity index is 2.55. The van der Waals surface area contributed by atoms with Crippen molar-refractivity contribution >= 4 is 5.78 Å². The van der Waals surface area contributed by atoms with Crippen molar-refractivity contribution in [3.63, 3.8) is 0 Å². The van der Waals surface area contributed by atoms with E-state index in [0.717, 1.165) is 19.3 Å². The number of hydrogen-bond acceptors (Lipinski definition) is 3. The standard InChI is InChI=1S/C15H21NO2/c1-5-15-7-6-10(2)18-13(15)14(3,4)12(17)11(8-15)9-16/h8,10,13H,5-7H2,1-4H3/t10-,13+,15+/m0/s1. The largest absolute Gasteiger partial charge is 0.373 e. The summed E-state index contributed by atoms with van der Waals surface area (Å²) in [6.45, 7) is 7.99. The molecule has 1 heterocycles. The minimum Gasteiger partial charge on any atom is -0.373 e. The van der Waals surface area contributed by atoms with Gasteiger partial charge in [-0.15, -0.1) is 0 Å². The highest BCUT2D eigenvalue weighted by Gasteiger charge is 2.55. The molecule has 0 spiro atoms. The summed E-state index contributed by atoms with van der Waals surface area (Å²) in [6, 6.07) is 2.07. The molecule has 0 aromatic carbocycles. The summed E-state index contributed by atoms with van der Waals surface area (Å²) in [4.78, 5) is 12.3. The molecule has 3 nitrogen and oxygen atoms in total. The van der Waals surface area contributed by atoms with Crippen LogP contribution in [0.25, 0.3) is 0 Å². The zero-order chi connectivity index (χ0) is 13.6. The molecule has 98 valence electrons. The van der Waals surface area contributed by atoms with Gasteiger partial charge in [0.25, 0.3) is 0 Å². The molecule has 1 aliphatic carbocycles. The molecule has 0 N–H and O–H groups in total. The van der Waals surface area contributed by atoms with Crippen molar-refractivity contribution < 1.29 is 9.53 Å². The van der Waals surface area contributed by atoms with E-state index in [2.05, 4.69) is 19.9 Å². The molecule has 0 aromatic heterocycles. The number of carbonyl (C=O) groups is 1. The molecule has 3 heteroatoms. The number of rotatable bonds is 1. The zero-order valence-corrected chi connectivity index (χ0v) is 11.6. The first-order valence-corrected chi connectivity index (χ1v) is 6.70. The van der Waals surface area contributed by atoms with E-state index in [1.165, 1.54) is 0 Å². The lowest BCUT2D eigenvalue weighted by molar-refractivity contribution is -0.171. The second-order valence-corrected chi connectivity index (χ2v) is 6.17. The molecular formula is C15H21NO2. The molecule has 3 atom stereocenters. The van der Waals surface area contributed by atoms with E-state index in [-0.39, 0.29) is 23.4 Å². The summed E-state index contributed by atoms with van der Waals surface area (Å²) in [5, 5.41) is 9.17. The van der Waals surface area contributed by atoms with E-state index in [1.54, 1.807) is 0 Å². The first-order valence-electron chi connectivity index (χ1n) is 6.70. The van der Waals surface area contributed by atoms with Crippen molar-refractivity contribution in [2.24, 2.45) is 10.8 Å². The third-order valence-electron chi connectivity index (χ3n) is 4.60. The third kappa shape index (κ3) is 1.71. The predicted octanol–water partition coefficient (Wildman–Crippen LogP) is 3.01. The smallest absolute Gasteiger partial charge is 0.181 e. The molecule has 0 aromatic rings. The van der Waals surface area contributed by atoms with Crippen LogP contribution in [0.4, 0.5) is 0 Å². The molecule has 0 unspecified atom stereocenters. The molecule has 0 amide bonds. The fourth-order valence-corrected chi connectivity index (χ4v) is 3.44. The summed E-state index contributed by atoms with van der Waals surface area (Å²) in [7, 11) is 0. The van der Waals surface area contributed by atoms with Gasteiger partial charge >= 0.3 is 0 Å². The van der Waals surface area contributed by atoms with Crippen molar-refractivity contribution in [1.29, 1.82) is 5.26 Å². The van der Waals surface area contributed by atoms with Gasteiger partial charge in [-0.05, 0) is 40.0 Å². The summed E-state index contributed by atoms with van der Waals surface area (Å²) >= 11 is 0. The van der Waals surface area contributed by atoms with Gasteiger partial charge in [-0.2, -0.15) is 5.26 Å². The van der Waals surface area contributed by atoms with Gasteiger partial charge in [0.15, 0.2) is 5.78 Å². The van der Waals surface area contributed by atoms with Crippen LogP contribution in [0.5, 0.6) is 0 Å². The average Bonchev–Trinajstić information content (AvgIpc) is 2.35. The molecule has 0 radical (unpaired) electrons. The number of nitriles is 1. The Morgan fingerprint density at radius 3 is 2.78 bits per heavy atom. The van der Waals surface area contributed by atoms with Gasteiger partial charge in [0.05, 0.1) is 23.2 Å². The van der Waals surface area contributed by atoms with E-state index in [1.807, 2.05) is 19.9 Å². The molecule has 1 fully saturated rings. The predicted molar refractivity (Wildman–Crippen MR) is 68.8 cm³/mol. The minimum absolute atomic E-state index is 0.0758. The number of carbonyl (C=O) groups excluding carboxylic acids is 1. The maximum absolute atomic E-state index is 12.3. The third-order valence-corrected chi connectivity index (χ3v) is 4.60. The fraction of sp³-hybridized carbons (Fsp3) is 0.733. The SMILES string of the molecule is CC[C@@]12C=C(C#N)C(=O)C(C)(C)[C@H]1O[C@@H](C)CC2. The van der Waals surface area contributed by atoms with Crippen molar-refractivity contribution in [3.05, 3.63) is 11.6 Å². The Hall–Kier alpha value is -1.14. The fourth-order valence-electron chi connectivity index (χ4n) is 3.44. The van der Waals surface area contributed by atoms with Crippen molar-refractivity contribution in [3.8, 4) is 6.07 Å². The summed E-state index contributed by atoms with van der Waals surface area (Å²) < 4.78 is 6.09. The van der Waals surface area contributed by atoms with E-state index in [4.69, 9.17) is 10.00 Å². The number of nitrogens with zero attached hydrogens (tertiary/aromatic N) is 1. The second kappa shape index (κ2) is 4.20. The molecule has 2 rings (SSSR count). The summed E-state index contributed by atoms with van der Waals surface area (Å²) in [6.07, 6.45) is 4.87. The van der Waals surface area contributed by atoms with Gasteiger partial charge < -0.3 is 4.74 Å². The van der Waals surface area contributed by atoms with Gasteiger partial charge in [-0.1, -0.05) is 13.0 Å². The lowest BCUT2D eigenvalue weighted by atomic mass is 9.58. The van der Waals surface area contributed by atoms with Crippen LogP contribution in [0.2, 0.25) is 0 Å². The van der Waals surface area contributed by atoms with Crippen LogP contribution in [-0.2, 0) is 9.53 Å². The van der Waals surface area contributed by atoms with Crippen LogP contribution >= 0.6 is 0 Å². The Morgan fingerprint density at radius 2 is 2.22 bits per heavy atom. The van der Waals surface area contributed by atoms with E-state index in [0.29, 0.717) is 5.57 Å². The van der Waals surface area contributed by atoms with Crippen molar-refractivity contribution in [1.82, 2.24) is 0 Å².